The van der Waals surface area contributed by atoms with Crippen molar-refractivity contribution in [2.45, 2.75) is 161 Å². The molecule has 1 N–H and O–H groups in total. The maximum absolute atomic E-state index is 12.0. The molecule has 0 amide bonds. The van der Waals surface area contributed by atoms with Gasteiger partial charge in [0.1, 0.15) is 18.2 Å². The van der Waals surface area contributed by atoms with Gasteiger partial charge in [-0.2, -0.15) is 0 Å². The number of carboxylic acids is 1. The van der Waals surface area contributed by atoms with Crippen LogP contribution in [0.3, 0.4) is 0 Å². The molecule has 244 valence electrons. The molecule has 10 heteroatoms. The van der Waals surface area contributed by atoms with Crippen LogP contribution in [0.1, 0.15) is 125 Å². The molecule has 4 atom stereocenters. The molecule has 0 spiro atoms. The van der Waals surface area contributed by atoms with Crippen LogP contribution in [0.25, 0.3) is 0 Å². The molecule has 1 fully saturated rings. The van der Waals surface area contributed by atoms with Crippen LogP contribution >= 0.6 is 0 Å². The average Bonchev–Trinajstić information content (AvgIpc) is 2.88. The Kier molecular flexibility index (Phi) is 18.3. The lowest BCUT2D eigenvalue weighted by Gasteiger charge is -2.42. The van der Waals surface area contributed by atoms with Gasteiger partial charge in [0, 0.05) is 18.5 Å². The molecule has 0 aromatic heterocycles. The number of aliphatic carboxylic acids is 1. The summed E-state index contributed by atoms with van der Waals surface area (Å²) in [5.41, 5.74) is -1.05. The highest BCUT2D eigenvalue weighted by molar-refractivity contribution is 5.72. The number of carbonyl (C=O) groups is 4. The van der Waals surface area contributed by atoms with Crippen LogP contribution in [0.15, 0.2) is 0 Å². The summed E-state index contributed by atoms with van der Waals surface area (Å²) in [4.78, 5) is 48.4. The standard InChI is InChI=1S/C32H57NO9/c1-31(2,3)41-28(36)19-23-39-27(30(37)38)17-16-25(14-10-8-7-9-13-21-34)33-20-12-11-15-26(33)24-40-29(18-22-35)42-32(4,5)6/h21-22,25-27,29H,7-20,23-24H2,1-6H3,(H,37,38). The molecule has 0 radical (unpaired) electrons. The summed E-state index contributed by atoms with van der Waals surface area (Å²) in [6, 6.07) is 0.266. The summed E-state index contributed by atoms with van der Waals surface area (Å²) in [5.74, 6) is -1.46. The summed E-state index contributed by atoms with van der Waals surface area (Å²) < 4.78 is 23.0. The fourth-order valence-corrected chi connectivity index (χ4v) is 5.26. The molecule has 0 bridgehead atoms. The van der Waals surface area contributed by atoms with Crippen molar-refractivity contribution >= 4 is 24.5 Å². The Bertz CT molecular complexity index is 790. The van der Waals surface area contributed by atoms with Gasteiger partial charge in [-0.05, 0) is 86.6 Å². The third kappa shape index (κ3) is 17.9. The van der Waals surface area contributed by atoms with Crippen molar-refractivity contribution in [3.8, 4) is 0 Å². The summed E-state index contributed by atoms with van der Waals surface area (Å²) in [6.07, 6.45) is 9.67. The van der Waals surface area contributed by atoms with E-state index in [9.17, 15) is 24.3 Å². The zero-order chi connectivity index (χ0) is 31.6. The summed E-state index contributed by atoms with van der Waals surface area (Å²) >= 11 is 0. The van der Waals surface area contributed by atoms with Crippen molar-refractivity contribution in [1.29, 1.82) is 0 Å². The highest BCUT2D eigenvalue weighted by Gasteiger charge is 2.32. The Hall–Kier alpha value is -1.88. The molecule has 1 rings (SSSR count). The number of carboxylic acid groups (broad SMARTS) is 1. The van der Waals surface area contributed by atoms with Gasteiger partial charge in [-0.3, -0.25) is 9.69 Å². The molecule has 0 aromatic rings. The molecule has 1 aliphatic heterocycles. The van der Waals surface area contributed by atoms with Crippen molar-refractivity contribution in [1.82, 2.24) is 4.90 Å². The van der Waals surface area contributed by atoms with Gasteiger partial charge >= 0.3 is 11.9 Å². The highest BCUT2D eigenvalue weighted by atomic mass is 16.7. The van der Waals surface area contributed by atoms with Crippen molar-refractivity contribution in [3.63, 3.8) is 0 Å². The van der Waals surface area contributed by atoms with Gasteiger partial charge in [-0.15, -0.1) is 0 Å². The van der Waals surface area contributed by atoms with Gasteiger partial charge in [-0.1, -0.05) is 25.7 Å². The lowest BCUT2D eigenvalue weighted by atomic mass is 9.94. The zero-order valence-electron chi connectivity index (χ0n) is 26.9. The molecular weight excluding hydrogens is 542 g/mol. The fraction of sp³-hybridized carbons (Fsp3) is 0.875. The number of aldehydes is 2. The molecule has 0 aliphatic carbocycles. The van der Waals surface area contributed by atoms with Crippen LogP contribution in [0.4, 0.5) is 0 Å². The number of likely N-dealkylation sites (tertiary alicyclic amines) is 1. The molecule has 4 unspecified atom stereocenters. The number of carbonyl (C=O) groups excluding carboxylic acids is 3. The molecule has 1 aliphatic rings. The van der Waals surface area contributed by atoms with Gasteiger partial charge in [0.15, 0.2) is 12.4 Å². The van der Waals surface area contributed by atoms with E-state index >= 15 is 0 Å². The predicted molar refractivity (Wildman–Crippen MR) is 160 cm³/mol. The van der Waals surface area contributed by atoms with Gasteiger partial charge in [0.05, 0.1) is 31.7 Å². The van der Waals surface area contributed by atoms with E-state index in [1.165, 1.54) is 0 Å². The molecule has 1 saturated heterocycles. The number of unbranched alkanes of at least 4 members (excludes halogenated alkanes) is 4. The van der Waals surface area contributed by atoms with Crippen molar-refractivity contribution in [3.05, 3.63) is 0 Å². The van der Waals surface area contributed by atoms with E-state index in [1.54, 1.807) is 20.8 Å². The number of esters is 1. The van der Waals surface area contributed by atoms with E-state index in [-0.39, 0.29) is 31.5 Å². The van der Waals surface area contributed by atoms with Gasteiger partial charge in [0.25, 0.3) is 0 Å². The van der Waals surface area contributed by atoms with E-state index in [2.05, 4.69) is 4.90 Å². The van der Waals surface area contributed by atoms with Crippen LogP contribution in [-0.4, -0.2) is 90.0 Å². The molecule has 0 saturated carbocycles. The molecule has 0 aromatic carbocycles. The zero-order valence-corrected chi connectivity index (χ0v) is 26.9. The first kappa shape index (κ1) is 38.1. The predicted octanol–water partition coefficient (Wildman–Crippen LogP) is 5.48. The third-order valence-corrected chi connectivity index (χ3v) is 7.08. The highest BCUT2D eigenvalue weighted by Crippen LogP contribution is 2.27. The topological polar surface area (TPSA) is 129 Å². The first-order valence-electron chi connectivity index (χ1n) is 15.7. The van der Waals surface area contributed by atoms with Gasteiger partial charge < -0.3 is 33.6 Å². The van der Waals surface area contributed by atoms with Crippen LogP contribution in [0, 0.1) is 0 Å². The number of piperidine rings is 1. The van der Waals surface area contributed by atoms with Crippen LogP contribution < -0.4 is 0 Å². The van der Waals surface area contributed by atoms with Gasteiger partial charge in [-0.25, -0.2) is 4.79 Å². The number of hydrogen-bond acceptors (Lipinski definition) is 9. The Balaban J connectivity index is 2.88. The number of rotatable bonds is 22. The monoisotopic (exact) mass is 599 g/mol. The third-order valence-electron chi connectivity index (χ3n) is 7.08. The summed E-state index contributed by atoms with van der Waals surface area (Å²) in [5, 5.41) is 9.84. The second kappa shape index (κ2) is 20.1. The maximum atomic E-state index is 12.0. The quantitative estimate of drug-likeness (QED) is 0.0739. The minimum absolute atomic E-state index is 0.00457. The first-order valence-corrected chi connectivity index (χ1v) is 15.7. The first-order chi connectivity index (χ1) is 19.8. The molecule has 10 nitrogen and oxygen atoms in total. The maximum Gasteiger partial charge on any atom is 0.332 e. The summed E-state index contributed by atoms with van der Waals surface area (Å²) in [6.45, 7) is 12.5. The number of ether oxygens (including phenoxy) is 4. The van der Waals surface area contributed by atoms with Crippen LogP contribution in [0.5, 0.6) is 0 Å². The molecular formula is C32H57NO9. The average molecular weight is 600 g/mol. The normalized spacial score (nSPS) is 18.7. The lowest BCUT2D eigenvalue weighted by molar-refractivity contribution is -0.203. The smallest absolute Gasteiger partial charge is 0.332 e. The van der Waals surface area contributed by atoms with Crippen molar-refractivity contribution in [2.24, 2.45) is 0 Å². The van der Waals surface area contributed by atoms with Gasteiger partial charge in [0.2, 0.25) is 0 Å². The Morgan fingerprint density at radius 1 is 0.905 bits per heavy atom. The minimum Gasteiger partial charge on any atom is -0.479 e. The lowest BCUT2D eigenvalue weighted by Crippen LogP contribution is -2.49. The Morgan fingerprint density at radius 3 is 2.24 bits per heavy atom. The van der Waals surface area contributed by atoms with E-state index in [0.29, 0.717) is 25.9 Å². The second-order valence-corrected chi connectivity index (χ2v) is 13.2. The summed E-state index contributed by atoms with van der Waals surface area (Å²) in [7, 11) is 0. The number of nitrogens with zero attached hydrogens (tertiary/aromatic N) is 1. The molecule has 42 heavy (non-hydrogen) atoms. The Labute approximate surface area is 253 Å². The van der Waals surface area contributed by atoms with E-state index < -0.39 is 35.5 Å². The second-order valence-electron chi connectivity index (χ2n) is 13.2. The van der Waals surface area contributed by atoms with Crippen LogP contribution in [-0.2, 0) is 38.1 Å². The van der Waals surface area contributed by atoms with E-state index in [4.69, 9.17) is 18.9 Å². The van der Waals surface area contributed by atoms with E-state index in [0.717, 1.165) is 70.5 Å². The minimum atomic E-state index is -1.04. The largest absolute Gasteiger partial charge is 0.479 e. The van der Waals surface area contributed by atoms with Crippen molar-refractivity contribution < 1.29 is 43.2 Å². The fourth-order valence-electron chi connectivity index (χ4n) is 5.26. The SMILES string of the molecule is CC(C)(C)OC(=O)CCOC(CCC(CCCCCCC=O)N1CCCCC1COC(CC=O)OC(C)(C)C)C(=O)O. The van der Waals surface area contributed by atoms with Crippen molar-refractivity contribution in [2.75, 3.05) is 19.8 Å². The molecule has 1 heterocycles. The van der Waals surface area contributed by atoms with E-state index in [1.807, 2.05) is 20.8 Å². The Morgan fingerprint density at radius 2 is 1.62 bits per heavy atom. The number of hydrogen-bond donors (Lipinski definition) is 1. The van der Waals surface area contributed by atoms with Crippen LogP contribution in [0.2, 0.25) is 0 Å².